The number of allylic oxidation sites excluding steroid dienone is 4. The van der Waals surface area contributed by atoms with E-state index in [1.54, 1.807) is 43.2 Å². The van der Waals surface area contributed by atoms with Gasteiger partial charge in [-0.3, -0.25) is 0 Å². The number of aromatic nitrogens is 6. The maximum atomic E-state index is 10.5. The van der Waals surface area contributed by atoms with Crippen LogP contribution in [0.25, 0.3) is 17.1 Å². The van der Waals surface area contributed by atoms with Gasteiger partial charge in [0, 0.05) is 0 Å². The number of ether oxygens (including phenoxy) is 2. The molecule has 0 saturated heterocycles. The third-order valence-corrected chi connectivity index (χ3v) is 13.5. The number of hydrogen-bond donors (Lipinski definition) is 2. The average molecular weight is 855 g/mol. The molecule has 2 aliphatic carbocycles. The van der Waals surface area contributed by atoms with Gasteiger partial charge in [-0.2, -0.15) is 0 Å². The maximum absolute atomic E-state index is 10.5. The number of hydrogen-bond acceptors (Lipinski definition) is 14. The van der Waals surface area contributed by atoms with E-state index in [-0.39, 0.29) is 21.8 Å². The molecule has 6 atom stereocenters. The number of H-pyrrole nitrogens is 1. The molecule has 2 N–H and O–H groups in total. The SMILES string of the molecule is CCN(C1=NC([I-]NCC(C)COC)C(N=Nc2nn(-c3ncc4[nH]cnc4n3)c(C(C)C)c2C#N)C(SC2=C(C)[C@@H]3C=C3CC2C)=N1)C(C)COC. The molecule has 0 spiro atoms. The summed E-state index contributed by atoms with van der Waals surface area (Å²) < 4.78 is 16.1. The van der Waals surface area contributed by atoms with Crippen molar-refractivity contribution in [1.29, 1.82) is 5.26 Å². The number of nitriles is 1. The Morgan fingerprint density at radius 2 is 2.00 bits per heavy atom. The number of halogens is 1. The monoisotopic (exact) mass is 854 g/mol. The van der Waals surface area contributed by atoms with Crippen molar-refractivity contribution < 1.29 is 31.0 Å². The van der Waals surface area contributed by atoms with Crippen LogP contribution in [0.1, 0.15) is 72.1 Å². The van der Waals surface area contributed by atoms with Gasteiger partial charge in [-0.15, -0.1) is 0 Å². The molecule has 4 heterocycles. The fourth-order valence-corrected chi connectivity index (χ4v) is 10.9. The van der Waals surface area contributed by atoms with Gasteiger partial charge in [-0.1, -0.05) is 0 Å². The third-order valence-electron chi connectivity index (χ3n) is 9.49. The Morgan fingerprint density at radius 3 is 2.72 bits per heavy atom. The van der Waals surface area contributed by atoms with Crippen LogP contribution in [-0.4, -0.2) is 102 Å². The Hall–Kier alpha value is -3.57. The Bertz CT molecular complexity index is 1990. The number of aromatic amines is 1. The van der Waals surface area contributed by atoms with Gasteiger partial charge in [0.05, 0.1) is 0 Å². The number of imidazole rings is 1. The summed E-state index contributed by atoms with van der Waals surface area (Å²) in [7, 11) is 3.45. The van der Waals surface area contributed by atoms with Gasteiger partial charge in [0.2, 0.25) is 0 Å². The van der Waals surface area contributed by atoms with Gasteiger partial charge in [0.25, 0.3) is 0 Å². The van der Waals surface area contributed by atoms with Crippen molar-refractivity contribution >= 4 is 39.7 Å². The second-order valence-corrected chi connectivity index (χ2v) is 17.8. The van der Waals surface area contributed by atoms with Gasteiger partial charge in [0.15, 0.2) is 0 Å². The van der Waals surface area contributed by atoms with Crippen molar-refractivity contribution in [2.45, 2.75) is 76.9 Å². The van der Waals surface area contributed by atoms with Crippen LogP contribution in [-0.2, 0) is 9.47 Å². The summed E-state index contributed by atoms with van der Waals surface area (Å²) in [4.78, 5) is 30.6. The van der Waals surface area contributed by atoms with Crippen molar-refractivity contribution in [3.05, 3.63) is 45.9 Å². The number of guanidine groups is 1. The van der Waals surface area contributed by atoms with Crippen LogP contribution >= 0.6 is 11.8 Å². The molecule has 53 heavy (non-hydrogen) atoms. The van der Waals surface area contributed by atoms with Gasteiger partial charge >= 0.3 is 327 Å². The number of aliphatic imine (C=N–C) groups is 2. The number of thioether (sulfide) groups is 1. The van der Waals surface area contributed by atoms with E-state index in [0.29, 0.717) is 65.3 Å². The van der Waals surface area contributed by atoms with E-state index in [0.717, 1.165) is 24.6 Å². The molecule has 0 saturated carbocycles. The normalized spacial score (nSPS) is 22.5. The van der Waals surface area contributed by atoms with Gasteiger partial charge in [-0.25, -0.2) is 0 Å². The van der Waals surface area contributed by atoms with Crippen LogP contribution in [0.4, 0.5) is 5.82 Å². The van der Waals surface area contributed by atoms with Crippen molar-refractivity contribution in [2.75, 3.05) is 40.5 Å². The van der Waals surface area contributed by atoms with Crippen molar-refractivity contribution in [3.8, 4) is 12.0 Å². The predicted molar refractivity (Wildman–Crippen MR) is 203 cm³/mol. The van der Waals surface area contributed by atoms with E-state index in [9.17, 15) is 5.26 Å². The minimum atomic E-state index is -0.744. The molecule has 3 aromatic heterocycles. The average Bonchev–Trinajstić information content (AvgIpc) is 3.57. The van der Waals surface area contributed by atoms with Gasteiger partial charge in [0.1, 0.15) is 0 Å². The minimum absolute atomic E-state index is 0.0674. The topological polar surface area (TPSA) is 179 Å². The molecule has 17 heteroatoms. The Morgan fingerprint density at radius 1 is 1.21 bits per heavy atom. The fourth-order valence-electron chi connectivity index (χ4n) is 6.76. The summed E-state index contributed by atoms with van der Waals surface area (Å²) in [6.07, 6.45) is 6.66. The summed E-state index contributed by atoms with van der Waals surface area (Å²) in [5.41, 5.74) is 5.10. The number of likely N-dealkylation sites (N-methyl/N-ethyl adjacent to an activating group) is 1. The molecule has 3 aliphatic rings. The standard InChI is InChI=1S/C36H49IN13O2S/c1-10-49(22(6)17-52-9)36-43-31(37-42-14-20(4)16-51-8)28(34(45-36)53-30-21(5)11-24-12-25(24)23(30)7)46-47-32-26(13-38)29(19(2)3)50(48-32)35-39-15-27-33(44-35)41-18-40-27/h12,15,18-22,25,28,31,42H,10-11,14,16-17H2,1-9H3,(H,39,40,41,44)/q-1/t20?,21?,22?,25-,28?,31?/m0/s1. The summed E-state index contributed by atoms with van der Waals surface area (Å²) in [6, 6.07) is 1.93. The second-order valence-electron chi connectivity index (χ2n) is 14.1. The Balaban J connectivity index is 1.43. The van der Waals surface area contributed by atoms with Crippen LogP contribution in [0.15, 0.2) is 54.9 Å². The molecule has 0 fully saturated rings. The molecular weight excluding hydrogens is 805 g/mol. The van der Waals surface area contributed by atoms with Gasteiger partial charge in [-0.05, 0) is 0 Å². The molecule has 0 radical (unpaired) electrons. The quantitative estimate of drug-likeness (QED) is 0.0577. The van der Waals surface area contributed by atoms with Crippen LogP contribution in [0.2, 0.25) is 0 Å². The Kier molecular flexibility index (Phi) is 12.8. The molecule has 15 nitrogen and oxygen atoms in total. The van der Waals surface area contributed by atoms with E-state index >= 15 is 0 Å². The third kappa shape index (κ3) is 8.56. The second kappa shape index (κ2) is 17.3. The number of nitrogens with one attached hydrogen (secondary N) is 2. The summed E-state index contributed by atoms with van der Waals surface area (Å²) in [5.74, 6) is 2.26. The number of nitrogens with zero attached hydrogens (tertiary/aromatic N) is 11. The van der Waals surface area contributed by atoms with Crippen molar-refractivity contribution in [1.82, 2.24) is 38.1 Å². The zero-order chi connectivity index (χ0) is 37.8. The first-order valence-electron chi connectivity index (χ1n) is 18.0. The number of fused-ring (bicyclic) bond motifs is 2. The fraction of sp³-hybridized carbons (Fsp3) is 0.583. The predicted octanol–water partition coefficient (Wildman–Crippen LogP) is 2.92. The van der Waals surface area contributed by atoms with E-state index in [4.69, 9.17) is 34.8 Å². The summed E-state index contributed by atoms with van der Waals surface area (Å²) >= 11 is 0.971. The molecule has 0 amide bonds. The molecule has 1 aliphatic heterocycles. The zero-order valence-electron chi connectivity index (χ0n) is 31.8. The number of rotatable bonds is 15. The molecule has 0 aromatic carbocycles. The summed E-state index contributed by atoms with van der Waals surface area (Å²) in [5, 5.41) is 25.9. The molecule has 6 rings (SSSR count). The number of methoxy groups -OCH3 is 2. The number of alkyl halides is 1. The first-order chi connectivity index (χ1) is 25.6. The first kappa shape index (κ1) is 39.1. The van der Waals surface area contributed by atoms with Crippen LogP contribution in [0.5, 0.6) is 0 Å². The molecule has 3 aromatic rings. The Labute approximate surface area is 325 Å². The van der Waals surface area contributed by atoms with Crippen molar-refractivity contribution in [2.24, 2.45) is 38.0 Å². The van der Waals surface area contributed by atoms with Crippen LogP contribution in [0, 0.1) is 29.1 Å². The van der Waals surface area contributed by atoms with E-state index < -0.39 is 27.5 Å². The van der Waals surface area contributed by atoms with Gasteiger partial charge < -0.3 is 0 Å². The van der Waals surface area contributed by atoms with E-state index in [2.05, 4.69) is 75.1 Å². The van der Waals surface area contributed by atoms with E-state index in [1.807, 2.05) is 13.8 Å². The van der Waals surface area contributed by atoms with Crippen LogP contribution in [0.3, 0.4) is 0 Å². The number of azo groups is 1. The van der Waals surface area contributed by atoms with E-state index in [1.165, 1.54) is 16.1 Å². The first-order valence-corrected chi connectivity index (χ1v) is 21.2. The zero-order valence-corrected chi connectivity index (χ0v) is 34.8. The molecule has 5 unspecified atom stereocenters. The van der Waals surface area contributed by atoms with Crippen molar-refractivity contribution in [3.63, 3.8) is 0 Å². The molecule has 284 valence electrons. The van der Waals surface area contributed by atoms with Crippen LogP contribution < -0.4 is 25.0 Å². The molecular formula is C36H49IN13O2S-. The molecule has 0 bridgehead atoms. The summed E-state index contributed by atoms with van der Waals surface area (Å²) in [6.45, 7) is 17.7.